The van der Waals surface area contributed by atoms with Gasteiger partial charge in [0.25, 0.3) is 0 Å². The molecular formula is C17H16BrFO2. The van der Waals surface area contributed by atoms with Crippen LogP contribution in [0.1, 0.15) is 24.2 Å². The molecule has 2 aromatic carbocycles. The molecule has 2 aromatic rings. The van der Waals surface area contributed by atoms with Crippen molar-refractivity contribution in [3.8, 4) is 0 Å². The largest absolute Gasteiger partial charge is 0.366 e. The highest BCUT2D eigenvalue weighted by Crippen LogP contribution is 2.22. The summed E-state index contributed by atoms with van der Waals surface area (Å²) >= 11 is 3.13. The first kappa shape index (κ1) is 15.9. The molecule has 2 rings (SSSR count). The molecule has 2 nitrogen and oxygen atoms in total. The van der Waals surface area contributed by atoms with Gasteiger partial charge in [0.05, 0.1) is 4.47 Å². The summed E-state index contributed by atoms with van der Waals surface area (Å²) in [5.74, 6) is -0.378. The minimum atomic E-state index is -0.583. The van der Waals surface area contributed by atoms with Crippen molar-refractivity contribution in [3.05, 3.63) is 69.9 Å². The molecule has 0 aliphatic carbocycles. The van der Waals surface area contributed by atoms with Gasteiger partial charge in [0.1, 0.15) is 11.9 Å². The molecule has 0 fully saturated rings. The molecule has 0 aliphatic heterocycles. The van der Waals surface area contributed by atoms with Crippen molar-refractivity contribution in [2.45, 2.75) is 19.4 Å². The zero-order valence-electron chi connectivity index (χ0n) is 11.7. The summed E-state index contributed by atoms with van der Waals surface area (Å²) in [5, 5.41) is 0. The summed E-state index contributed by atoms with van der Waals surface area (Å²) in [6.07, 6.45) is -0.377. The first-order valence-electron chi connectivity index (χ1n) is 6.75. The lowest BCUT2D eigenvalue weighted by molar-refractivity contribution is -0.130. The van der Waals surface area contributed by atoms with E-state index in [-0.39, 0.29) is 18.0 Å². The predicted molar refractivity (Wildman–Crippen MR) is 83.6 cm³/mol. The molecule has 4 heteroatoms. The van der Waals surface area contributed by atoms with E-state index < -0.39 is 6.10 Å². The van der Waals surface area contributed by atoms with Gasteiger partial charge in [-0.15, -0.1) is 0 Å². The fourth-order valence-corrected chi connectivity index (χ4v) is 2.54. The van der Waals surface area contributed by atoms with E-state index in [4.69, 9.17) is 4.74 Å². The Balaban J connectivity index is 2.17. The number of rotatable bonds is 6. The van der Waals surface area contributed by atoms with Gasteiger partial charge >= 0.3 is 0 Å². The fourth-order valence-electron chi connectivity index (χ4n) is 2.11. The maximum absolute atomic E-state index is 13.2. The zero-order valence-corrected chi connectivity index (χ0v) is 13.3. The second-order valence-corrected chi connectivity index (χ2v) is 5.49. The molecule has 0 aromatic heterocycles. The molecule has 0 aliphatic rings. The van der Waals surface area contributed by atoms with E-state index in [1.807, 2.05) is 37.3 Å². The molecule has 0 spiro atoms. The van der Waals surface area contributed by atoms with Crippen LogP contribution in [0.2, 0.25) is 0 Å². The van der Waals surface area contributed by atoms with Gasteiger partial charge in [-0.3, -0.25) is 4.79 Å². The smallest absolute Gasteiger partial charge is 0.170 e. The SMILES string of the molecule is CCOC(C(=O)Cc1ccc(F)c(Br)c1)c1ccccc1. The Morgan fingerprint density at radius 3 is 2.57 bits per heavy atom. The van der Waals surface area contributed by atoms with Crippen molar-refractivity contribution in [1.82, 2.24) is 0 Å². The van der Waals surface area contributed by atoms with E-state index in [1.54, 1.807) is 12.1 Å². The molecule has 0 bridgehead atoms. The average Bonchev–Trinajstić information content (AvgIpc) is 2.49. The van der Waals surface area contributed by atoms with Gasteiger partial charge in [0.15, 0.2) is 5.78 Å². The first-order valence-corrected chi connectivity index (χ1v) is 7.54. The van der Waals surface area contributed by atoms with Gasteiger partial charge in [-0.2, -0.15) is 0 Å². The highest BCUT2D eigenvalue weighted by Gasteiger charge is 2.21. The van der Waals surface area contributed by atoms with Crippen molar-refractivity contribution in [1.29, 1.82) is 0 Å². The van der Waals surface area contributed by atoms with Crippen molar-refractivity contribution in [3.63, 3.8) is 0 Å². The van der Waals surface area contributed by atoms with Gasteiger partial charge in [0.2, 0.25) is 0 Å². The topological polar surface area (TPSA) is 26.3 Å². The summed E-state index contributed by atoms with van der Waals surface area (Å²) in [6.45, 7) is 2.32. The highest BCUT2D eigenvalue weighted by atomic mass is 79.9. The number of halogens is 2. The number of carbonyl (C=O) groups is 1. The Morgan fingerprint density at radius 2 is 1.95 bits per heavy atom. The molecule has 1 atom stereocenters. The standard InChI is InChI=1S/C17H16BrFO2/c1-2-21-17(13-6-4-3-5-7-13)16(20)11-12-8-9-15(19)14(18)10-12/h3-10,17H,2,11H2,1H3. The molecule has 1 unspecified atom stereocenters. The number of hydrogen-bond acceptors (Lipinski definition) is 2. The third-order valence-electron chi connectivity index (χ3n) is 3.09. The summed E-state index contributed by atoms with van der Waals surface area (Å²) in [6, 6.07) is 14.0. The minimum absolute atomic E-state index is 0.0402. The van der Waals surface area contributed by atoms with E-state index in [2.05, 4.69) is 15.9 Å². The van der Waals surface area contributed by atoms with Gasteiger partial charge in [0, 0.05) is 13.0 Å². The average molecular weight is 351 g/mol. The fraction of sp³-hybridized carbons (Fsp3) is 0.235. The molecule has 0 saturated heterocycles. The summed E-state index contributed by atoms with van der Waals surface area (Å²) in [7, 11) is 0. The van der Waals surface area contributed by atoms with E-state index in [1.165, 1.54) is 6.07 Å². The van der Waals surface area contributed by atoms with Crippen LogP contribution in [0.15, 0.2) is 53.0 Å². The van der Waals surface area contributed by atoms with E-state index in [0.717, 1.165) is 11.1 Å². The Labute approximate surface area is 132 Å². The van der Waals surface area contributed by atoms with Gasteiger partial charge in [-0.25, -0.2) is 4.39 Å². The van der Waals surface area contributed by atoms with Crippen LogP contribution < -0.4 is 0 Å². The molecule has 0 radical (unpaired) electrons. The van der Waals surface area contributed by atoms with Crippen molar-refractivity contribution < 1.29 is 13.9 Å². The molecule has 0 N–H and O–H groups in total. The van der Waals surface area contributed by atoms with Crippen LogP contribution in [0.3, 0.4) is 0 Å². The monoisotopic (exact) mass is 350 g/mol. The zero-order chi connectivity index (χ0) is 15.2. The third kappa shape index (κ3) is 4.22. The first-order chi connectivity index (χ1) is 10.1. The molecule has 21 heavy (non-hydrogen) atoms. The highest BCUT2D eigenvalue weighted by molar-refractivity contribution is 9.10. The molecule has 0 heterocycles. The minimum Gasteiger partial charge on any atom is -0.366 e. The van der Waals surface area contributed by atoms with Crippen LogP contribution in [-0.2, 0) is 16.0 Å². The molecule has 0 amide bonds. The van der Waals surface area contributed by atoms with E-state index in [0.29, 0.717) is 11.1 Å². The van der Waals surface area contributed by atoms with Crippen LogP contribution in [-0.4, -0.2) is 12.4 Å². The maximum atomic E-state index is 13.2. The Bertz CT molecular complexity index is 613. The predicted octanol–water partition coefficient (Wildman–Crippen LogP) is 4.48. The van der Waals surface area contributed by atoms with Crippen molar-refractivity contribution in [2.24, 2.45) is 0 Å². The van der Waals surface area contributed by atoms with Gasteiger partial charge < -0.3 is 4.74 Å². The van der Waals surface area contributed by atoms with E-state index >= 15 is 0 Å². The lowest BCUT2D eigenvalue weighted by Gasteiger charge is -2.16. The molecular weight excluding hydrogens is 335 g/mol. The number of carbonyl (C=O) groups excluding carboxylic acids is 1. The number of benzene rings is 2. The number of ether oxygens (including phenoxy) is 1. The Morgan fingerprint density at radius 1 is 1.24 bits per heavy atom. The van der Waals surface area contributed by atoms with Crippen LogP contribution in [0.25, 0.3) is 0 Å². The Hall–Kier alpha value is -1.52. The van der Waals surface area contributed by atoms with Gasteiger partial charge in [-0.05, 0) is 46.1 Å². The maximum Gasteiger partial charge on any atom is 0.170 e. The number of ketones is 1. The normalized spacial score (nSPS) is 12.1. The van der Waals surface area contributed by atoms with Crippen LogP contribution in [0.5, 0.6) is 0 Å². The van der Waals surface area contributed by atoms with Crippen LogP contribution in [0.4, 0.5) is 4.39 Å². The molecule has 110 valence electrons. The third-order valence-corrected chi connectivity index (χ3v) is 3.70. The number of hydrogen-bond donors (Lipinski definition) is 0. The van der Waals surface area contributed by atoms with Gasteiger partial charge in [-0.1, -0.05) is 36.4 Å². The van der Waals surface area contributed by atoms with E-state index in [9.17, 15) is 9.18 Å². The lowest BCUT2D eigenvalue weighted by atomic mass is 10.00. The summed E-state index contributed by atoms with van der Waals surface area (Å²) in [5.41, 5.74) is 1.60. The second-order valence-electron chi connectivity index (χ2n) is 4.64. The number of Topliss-reactive ketones (excluding diaryl/α,β-unsaturated/α-hetero) is 1. The quantitative estimate of drug-likeness (QED) is 0.767. The lowest BCUT2D eigenvalue weighted by Crippen LogP contribution is -2.18. The second kappa shape index (κ2) is 7.48. The van der Waals surface area contributed by atoms with Crippen molar-refractivity contribution >= 4 is 21.7 Å². The summed E-state index contributed by atoms with van der Waals surface area (Å²) < 4.78 is 19.2. The van der Waals surface area contributed by atoms with Crippen molar-refractivity contribution in [2.75, 3.05) is 6.61 Å². The van der Waals surface area contributed by atoms with Crippen LogP contribution >= 0.6 is 15.9 Å². The summed E-state index contributed by atoms with van der Waals surface area (Å²) in [4.78, 5) is 12.5. The Kier molecular flexibility index (Phi) is 5.65. The van der Waals surface area contributed by atoms with Crippen LogP contribution in [0, 0.1) is 5.82 Å². The molecule has 0 saturated carbocycles.